The summed E-state index contributed by atoms with van der Waals surface area (Å²) in [6.07, 6.45) is 7.45. The smallest absolute Gasteiger partial charge is 0.279 e. The zero-order valence-electron chi connectivity index (χ0n) is 28.4. The lowest BCUT2D eigenvalue weighted by Crippen LogP contribution is -2.28. The number of rotatable bonds is 19. The Balaban J connectivity index is 1.15. The van der Waals surface area contributed by atoms with Crippen LogP contribution in [0.3, 0.4) is 0 Å². The lowest BCUT2D eigenvalue weighted by atomic mass is 9.88. The number of hydrogen-bond donors (Lipinski definition) is 1. The fourth-order valence-electron chi connectivity index (χ4n) is 5.77. The Hall–Kier alpha value is -4.51. The van der Waals surface area contributed by atoms with Gasteiger partial charge in [-0.05, 0) is 80.1 Å². The molecular formula is C39H42F2N2O6S. The largest absolute Gasteiger partial charge is 0.493 e. The molecule has 0 saturated heterocycles. The standard InChI is InChI=1S/C39H42F2N2O6S/c1-3-42-38(46)50-20-8-6-4-5-7-19-48-35-25-31-29(24-34(35)47-2)32(15-18-43-31)49-33-14-11-27(21-30(33)41)23-37(45)39(16-17-39)36(44)22-26-9-12-28(40)13-10-26/h9-15,18,21,24-25H,3-8,16-17,19-20,22-23H2,1-2H3,(H,42,46). The molecule has 1 saturated carbocycles. The second kappa shape index (κ2) is 17.4. The number of ether oxygens (including phenoxy) is 3. The Kier molecular flexibility index (Phi) is 12.8. The van der Waals surface area contributed by atoms with Gasteiger partial charge in [-0.3, -0.25) is 19.4 Å². The van der Waals surface area contributed by atoms with E-state index in [0.29, 0.717) is 65.3 Å². The molecule has 0 unspecified atom stereocenters. The molecule has 1 aliphatic rings. The van der Waals surface area contributed by atoms with E-state index in [1.807, 2.05) is 6.92 Å². The van der Waals surface area contributed by atoms with E-state index in [-0.39, 0.29) is 41.2 Å². The van der Waals surface area contributed by atoms with Crippen molar-refractivity contribution in [3.8, 4) is 23.0 Å². The monoisotopic (exact) mass is 704 g/mol. The molecule has 8 nitrogen and oxygen atoms in total. The van der Waals surface area contributed by atoms with Gasteiger partial charge in [0.25, 0.3) is 5.24 Å². The van der Waals surface area contributed by atoms with Gasteiger partial charge < -0.3 is 19.5 Å². The third-order valence-corrected chi connectivity index (χ3v) is 9.66. The molecule has 264 valence electrons. The van der Waals surface area contributed by atoms with Crippen LogP contribution in [-0.2, 0) is 22.4 Å². The third kappa shape index (κ3) is 9.59. The number of ketones is 2. The Morgan fingerprint density at radius 1 is 0.820 bits per heavy atom. The number of unbranched alkanes of at least 4 members (excludes halogenated alkanes) is 4. The predicted octanol–water partition coefficient (Wildman–Crippen LogP) is 8.81. The Bertz CT molecular complexity index is 1810. The van der Waals surface area contributed by atoms with Gasteiger partial charge >= 0.3 is 0 Å². The maximum absolute atomic E-state index is 15.3. The van der Waals surface area contributed by atoms with Crippen LogP contribution in [0.15, 0.2) is 66.9 Å². The fourth-order valence-corrected chi connectivity index (χ4v) is 6.55. The second-order valence-electron chi connectivity index (χ2n) is 12.4. The normalized spacial score (nSPS) is 13.1. The number of aromatic nitrogens is 1. The number of pyridine rings is 1. The number of nitrogens with one attached hydrogen (secondary N) is 1. The summed E-state index contributed by atoms with van der Waals surface area (Å²) < 4.78 is 46.2. The van der Waals surface area contributed by atoms with E-state index >= 15 is 4.39 Å². The van der Waals surface area contributed by atoms with Gasteiger partial charge in [-0.1, -0.05) is 49.2 Å². The highest BCUT2D eigenvalue weighted by molar-refractivity contribution is 8.13. The number of Topliss-reactive ketones (excluding diaryl/α,β-unsaturated/α-hetero) is 2. The maximum Gasteiger partial charge on any atom is 0.279 e. The van der Waals surface area contributed by atoms with Crippen LogP contribution in [0.1, 0.15) is 63.0 Å². The van der Waals surface area contributed by atoms with Crippen molar-refractivity contribution in [3.63, 3.8) is 0 Å². The molecule has 1 fully saturated rings. The van der Waals surface area contributed by atoms with E-state index in [1.54, 1.807) is 49.7 Å². The van der Waals surface area contributed by atoms with Crippen molar-refractivity contribution >= 4 is 39.5 Å². The van der Waals surface area contributed by atoms with E-state index < -0.39 is 11.2 Å². The van der Waals surface area contributed by atoms with Gasteiger partial charge in [0.05, 0.1) is 24.6 Å². The number of carbonyl (C=O) groups is 3. The lowest BCUT2D eigenvalue weighted by molar-refractivity contribution is -0.133. The Labute approximate surface area is 295 Å². The van der Waals surface area contributed by atoms with Gasteiger partial charge in [-0.15, -0.1) is 0 Å². The van der Waals surface area contributed by atoms with Crippen LogP contribution in [0.4, 0.5) is 13.6 Å². The van der Waals surface area contributed by atoms with E-state index in [4.69, 9.17) is 14.2 Å². The van der Waals surface area contributed by atoms with Gasteiger partial charge in [-0.2, -0.15) is 0 Å². The molecule has 5 rings (SSSR count). The summed E-state index contributed by atoms with van der Waals surface area (Å²) in [7, 11) is 1.55. The summed E-state index contributed by atoms with van der Waals surface area (Å²) >= 11 is 1.33. The summed E-state index contributed by atoms with van der Waals surface area (Å²) in [5, 5.41) is 3.42. The van der Waals surface area contributed by atoms with Gasteiger partial charge in [0.1, 0.15) is 11.6 Å². The number of methoxy groups -OCH3 is 1. The minimum absolute atomic E-state index is 0.0238. The number of fused-ring (bicyclic) bond motifs is 1. The summed E-state index contributed by atoms with van der Waals surface area (Å²) in [5.74, 6) is 0.742. The van der Waals surface area contributed by atoms with Crippen LogP contribution >= 0.6 is 11.8 Å². The van der Waals surface area contributed by atoms with Crippen molar-refractivity contribution in [3.05, 3.63) is 89.6 Å². The van der Waals surface area contributed by atoms with Crippen molar-refractivity contribution < 1.29 is 37.4 Å². The molecule has 50 heavy (non-hydrogen) atoms. The molecule has 0 atom stereocenters. The number of benzene rings is 3. The highest BCUT2D eigenvalue weighted by Gasteiger charge is 2.54. The van der Waals surface area contributed by atoms with Gasteiger partial charge in [0.2, 0.25) is 0 Å². The number of carbonyl (C=O) groups excluding carboxylic acids is 3. The highest BCUT2D eigenvalue weighted by atomic mass is 32.2. The Morgan fingerprint density at radius 3 is 2.22 bits per heavy atom. The number of nitrogens with zero attached hydrogens (tertiary/aromatic N) is 1. The first-order valence-electron chi connectivity index (χ1n) is 17.0. The maximum atomic E-state index is 15.3. The first kappa shape index (κ1) is 36.8. The molecule has 0 bridgehead atoms. The van der Waals surface area contributed by atoms with Crippen LogP contribution in [0.25, 0.3) is 10.9 Å². The molecule has 1 aliphatic carbocycles. The zero-order chi connectivity index (χ0) is 35.5. The number of amides is 1. The number of halogens is 2. The number of hydrogen-bond acceptors (Lipinski definition) is 8. The molecule has 0 aliphatic heterocycles. The average molecular weight is 705 g/mol. The van der Waals surface area contributed by atoms with Crippen molar-refractivity contribution in [2.45, 2.75) is 64.7 Å². The predicted molar refractivity (Wildman–Crippen MR) is 190 cm³/mol. The second-order valence-corrected chi connectivity index (χ2v) is 13.5. The summed E-state index contributed by atoms with van der Waals surface area (Å²) in [4.78, 5) is 42.2. The SMILES string of the molecule is CCNC(=O)SCCCCCCCOc1cc2nccc(Oc3ccc(CC(=O)C4(C(=O)Cc5ccc(F)cc5)CC4)cc3F)c2cc1OC. The van der Waals surface area contributed by atoms with E-state index in [2.05, 4.69) is 10.3 Å². The number of thioether (sulfide) groups is 1. The van der Waals surface area contributed by atoms with Crippen LogP contribution in [0, 0.1) is 17.0 Å². The molecule has 0 spiro atoms. The molecule has 11 heteroatoms. The molecule has 3 aromatic carbocycles. The summed E-state index contributed by atoms with van der Waals surface area (Å²) in [5.41, 5.74) is 0.619. The van der Waals surface area contributed by atoms with Crippen LogP contribution in [0.2, 0.25) is 0 Å². The average Bonchev–Trinajstić information content (AvgIpc) is 3.92. The van der Waals surface area contributed by atoms with Crippen molar-refractivity contribution in [1.82, 2.24) is 10.3 Å². The molecule has 1 heterocycles. The van der Waals surface area contributed by atoms with Crippen molar-refractivity contribution in [1.29, 1.82) is 0 Å². The topological polar surface area (TPSA) is 104 Å². The van der Waals surface area contributed by atoms with E-state index in [1.165, 1.54) is 36.0 Å². The van der Waals surface area contributed by atoms with Crippen LogP contribution in [0.5, 0.6) is 23.0 Å². The minimum Gasteiger partial charge on any atom is -0.493 e. The highest BCUT2D eigenvalue weighted by Crippen LogP contribution is 2.49. The van der Waals surface area contributed by atoms with Crippen LogP contribution < -0.4 is 19.5 Å². The summed E-state index contributed by atoms with van der Waals surface area (Å²) in [6, 6.07) is 15.2. The van der Waals surface area contributed by atoms with Gasteiger partial charge in [-0.25, -0.2) is 8.78 Å². The summed E-state index contributed by atoms with van der Waals surface area (Å²) in [6.45, 7) is 3.07. The zero-order valence-corrected chi connectivity index (χ0v) is 29.2. The molecule has 1 N–H and O–H groups in total. The molecular weight excluding hydrogens is 663 g/mol. The van der Waals surface area contributed by atoms with Gasteiger partial charge in [0, 0.05) is 42.8 Å². The van der Waals surface area contributed by atoms with Gasteiger partial charge in [0.15, 0.2) is 34.6 Å². The fraction of sp³-hybridized carbons (Fsp3) is 0.385. The first-order chi connectivity index (χ1) is 24.2. The van der Waals surface area contributed by atoms with E-state index in [0.717, 1.165) is 37.9 Å². The third-order valence-electron chi connectivity index (χ3n) is 8.76. The molecule has 0 radical (unpaired) electrons. The molecule has 4 aromatic rings. The Morgan fingerprint density at radius 2 is 1.52 bits per heavy atom. The molecule has 1 aromatic heterocycles. The first-order valence-corrected chi connectivity index (χ1v) is 18.0. The molecule has 1 amide bonds. The van der Waals surface area contributed by atoms with E-state index in [9.17, 15) is 18.8 Å². The minimum atomic E-state index is -1.06. The quantitative estimate of drug-likeness (QED) is 0.0763. The van der Waals surface area contributed by atoms with Crippen molar-refractivity contribution in [2.24, 2.45) is 5.41 Å². The van der Waals surface area contributed by atoms with Crippen LogP contribution in [-0.4, -0.2) is 47.8 Å². The lowest BCUT2D eigenvalue weighted by Gasteiger charge is -2.15. The van der Waals surface area contributed by atoms with Crippen molar-refractivity contribution in [2.75, 3.05) is 26.0 Å².